The summed E-state index contributed by atoms with van der Waals surface area (Å²) in [5, 5.41) is 8.03. The van der Waals surface area contributed by atoms with E-state index < -0.39 is 0 Å². The van der Waals surface area contributed by atoms with Crippen LogP contribution in [0.3, 0.4) is 0 Å². The zero-order valence-corrected chi connectivity index (χ0v) is 13.8. The quantitative estimate of drug-likeness (QED) is 0.793. The zero-order valence-electron chi connectivity index (χ0n) is 13.8. The van der Waals surface area contributed by atoms with Crippen LogP contribution in [-0.2, 0) is 20.9 Å². The van der Waals surface area contributed by atoms with Crippen molar-refractivity contribution < 1.29 is 14.3 Å². The molecule has 1 N–H and O–H groups in total. The van der Waals surface area contributed by atoms with Gasteiger partial charge in [0.1, 0.15) is 6.54 Å². The van der Waals surface area contributed by atoms with E-state index in [0.717, 1.165) is 10.9 Å². The van der Waals surface area contributed by atoms with Crippen molar-refractivity contribution in [3.05, 3.63) is 30.5 Å². The van der Waals surface area contributed by atoms with E-state index in [4.69, 9.17) is 4.74 Å². The van der Waals surface area contributed by atoms with Crippen LogP contribution in [0.1, 0.15) is 20.3 Å². The van der Waals surface area contributed by atoms with Crippen LogP contribution in [0.15, 0.2) is 30.5 Å². The Morgan fingerprint density at radius 3 is 2.74 bits per heavy atom. The van der Waals surface area contributed by atoms with E-state index in [-0.39, 0.29) is 30.9 Å². The number of hydrogen-bond acceptors (Lipinski definition) is 4. The van der Waals surface area contributed by atoms with Crippen LogP contribution in [0, 0.1) is 11.8 Å². The van der Waals surface area contributed by atoms with Crippen LogP contribution in [0.2, 0.25) is 0 Å². The van der Waals surface area contributed by atoms with Gasteiger partial charge in [-0.15, -0.1) is 0 Å². The lowest BCUT2D eigenvalue weighted by molar-refractivity contribution is -0.146. The molecule has 0 aliphatic rings. The predicted octanol–water partition coefficient (Wildman–Crippen LogP) is 1.99. The number of benzene rings is 1. The Hall–Kier alpha value is -2.37. The molecule has 0 aliphatic heterocycles. The third kappa shape index (κ3) is 4.55. The first-order chi connectivity index (χ1) is 11.0. The van der Waals surface area contributed by atoms with Crippen molar-refractivity contribution in [2.75, 3.05) is 13.7 Å². The normalized spacial score (nSPS) is 12.3. The summed E-state index contributed by atoms with van der Waals surface area (Å²) in [4.78, 5) is 23.9. The van der Waals surface area contributed by atoms with Crippen LogP contribution in [0.25, 0.3) is 10.9 Å². The predicted molar refractivity (Wildman–Crippen MR) is 87.7 cm³/mol. The summed E-state index contributed by atoms with van der Waals surface area (Å²) >= 11 is 0. The lowest BCUT2D eigenvalue weighted by Gasteiger charge is -2.17. The van der Waals surface area contributed by atoms with Crippen LogP contribution in [0.5, 0.6) is 0 Å². The summed E-state index contributed by atoms with van der Waals surface area (Å²) in [5.74, 6) is -0.426. The second-order valence-corrected chi connectivity index (χ2v) is 6.01. The van der Waals surface area contributed by atoms with Crippen LogP contribution < -0.4 is 5.32 Å². The fourth-order valence-corrected chi connectivity index (χ4v) is 2.58. The molecule has 124 valence electrons. The van der Waals surface area contributed by atoms with E-state index >= 15 is 0 Å². The summed E-state index contributed by atoms with van der Waals surface area (Å²) < 4.78 is 6.45. The highest BCUT2D eigenvalue weighted by atomic mass is 16.5. The standard InChI is InChI=1S/C17H23N3O3/c1-12(2)8-14(17(22)23-3)9-18-16(21)11-20-15-7-5-4-6-13(15)10-19-20/h4-7,10,12,14H,8-9,11H2,1-3H3,(H,18,21)/t14-/m0/s1. The number of para-hydroxylation sites is 1. The second-order valence-electron chi connectivity index (χ2n) is 6.01. The van der Waals surface area contributed by atoms with E-state index in [0.29, 0.717) is 12.3 Å². The summed E-state index contributed by atoms with van der Waals surface area (Å²) in [6.07, 6.45) is 2.41. The molecule has 6 heteroatoms. The van der Waals surface area contributed by atoms with Crippen molar-refractivity contribution >= 4 is 22.8 Å². The van der Waals surface area contributed by atoms with Gasteiger partial charge in [-0.05, 0) is 18.4 Å². The topological polar surface area (TPSA) is 73.2 Å². The Morgan fingerprint density at radius 1 is 1.30 bits per heavy atom. The van der Waals surface area contributed by atoms with Gasteiger partial charge in [0.25, 0.3) is 0 Å². The van der Waals surface area contributed by atoms with Crippen molar-refractivity contribution in [3.8, 4) is 0 Å². The molecular weight excluding hydrogens is 294 g/mol. The van der Waals surface area contributed by atoms with Crippen LogP contribution in [0.4, 0.5) is 0 Å². The summed E-state index contributed by atoms with van der Waals surface area (Å²) in [6, 6.07) is 7.72. The molecule has 0 spiro atoms. The lowest BCUT2D eigenvalue weighted by atomic mass is 9.97. The summed E-state index contributed by atoms with van der Waals surface area (Å²) in [7, 11) is 1.37. The number of carbonyl (C=O) groups is 2. The molecule has 23 heavy (non-hydrogen) atoms. The van der Waals surface area contributed by atoms with E-state index in [1.807, 2.05) is 38.1 Å². The number of esters is 1. The molecule has 1 aromatic carbocycles. The Kier molecular flexibility index (Phi) is 5.73. The molecule has 1 aromatic heterocycles. The van der Waals surface area contributed by atoms with Gasteiger partial charge in [0.05, 0.1) is 24.7 Å². The van der Waals surface area contributed by atoms with Gasteiger partial charge in [0, 0.05) is 11.9 Å². The maximum absolute atomic E-state index is 12.1. The van der Waals surface area contributed by atoms with E-state index in [2.05, 4.69) is 10.4 Å². The number of amides is 1. The third-order valence-corrected chi connectivity index (χ3v) is 3.68. The number of aromatic nitrogens is 2. The van der Waals surface area contributed by atoms with Crippen LogP contribution in [-0.4, -0.2) is 35.3 Å². The first kappa shape index (κ1) is 17.0. The van der Waals surface area contributed by atoms with Gasteiger partial charge in [-0.2, -0.15) is 5.10 Å². The Morgan fingerprint density at radius 2 is 2.04 bits per heavy atom. The van der Waals surface area contributed by atoms with Gasteiger partial charge in [-0.1, -0.05) is 32.0 Å². The molecule has 0 radical (unpaired) electrons. The summed E-state index contributed by atoms with van der Waals surface area (Å²) in [5.41, 5.74) is 0.911. The minimum atomic E-state index is -0.321. The van der Waals surface area contributed by atoms with Crippen molar-refractivity contribution in [1.82, 2.24) is 15.1 Å². The molecule has 1 amide bonds. The smallest absolute Gasteiger partial charge is 0.310 e. The molecule has 0 unspecified atom stereocenters. The lowest BCUT2D eigenvalue weighted by Crippen LogP contribution is -2.36. The SMILES string of the molecule is COC(=O)[C@H](CNC(=O)Cn1ncc2ccccc21)CC(C)C. The van der Waals surface area contributed by atoms with Gasteiger partial charge in [0.15, 0.2) is 0 Å². The van der Waals surface area contributed by atoms with E-state index in [9.17, 15) is 9.59 Å². The number of carbonyl (C=O) groups excluding carboxylic acids is 2. The highest BCUT2D eigenvalue weighted by Crippen LogP contribution is 2.13. The monoisotopic (exact) mass is 317 g/mol. The van der Waals surface area contributed by atoms with Gasteiger partial charge in [-0.25, -0.2) is 0 Å². The Balaban J connectivity index is 1.94. The van der Waals surface area contributed by atoms with Gasteiger partial charge >= 0.3 is 5.97 Å². The first-order valence-corrected chi connectivity index (χ1v) is 7.76. The molecule has 6 nitrogen and oxygen atoms in total. The number of nitrogens with zero attached hydrogens (tertiary/aromatic N) is 2. The van der Waals surface area contributed by atoms with Crippen molar-refractivity contribution in [2.45, 2.75) is 26.8 Å². The molecule has 0 bridgehead atoms. The largest absolute Gasteiger partial charge is 0.469 e. The molecule has 2 aromatic rings. The number of ether oxygens (including phenoxy) is 1. The number of fused-ring (bicyclic) bond motifs is 1. The third-order valence-electron chi connectivity index (χ3n) is 3.68. The molecular formula is C17H23N3O3. The molecule has 0 aliphatic carbocycles. The Labute approximate surface area is 135 Å². The number of nitrogens with one attached hydrogen (secondary N) is 1. The minimum Gasteiger partial charge on any atom is -0.469 e. The maximum Gasteiger partial charge on any atom is 0.310 e. The molecule has 1 atom stereocenters. The Bertz CT molecular complexity index is 679. The number of rotatable bonds is 7. The molecule has 0 saturated carbocycles. The van der Waals surface area contributed by atoms with Gasteiger partial charge in [0.2, 0.25) is 5.91 Å². The molecule has 1 heterocycles. The van der Waals surface area contributed by atoms with Gasteiger partial charge < -0.3 is 10.1 Å². The zero-order chi connectivity index (χ0) is 16.8. The second kappa shape index (κ2) is 7.76. The average Bonchev–Trinajstić information content (AvgIpc) is 2.93. The average molecular weight is 317 g/mol. The van der Waals surface area contributed by atoms with Crippen molar-refractivity contribution in [3.63, 3.8) is 0 Å². The fraction of sp³-hybridized carbons (Fsp3) is 0.471. The van der Waals surface area contributed by atoms with E-state index in [1.54, 1.807) is 10.9 Å². The van der Waals surface area contributed by atoms with Crippen molar-refractivity contribution in [1.29, 1.82) is 0 Å². The minimum absolute atomic E-state index is 0.128. The highest BCUT2D eigenvalue weighted by molar-refractivity contribution is 5.82. The number of hydrogen-bond donors (Lipinski definition) is 1. The molecule has 2 rings (SSSR count). The molecule has 0 saturated heterocycles. The van der Waals surface area contributed by atoms with E-state index in [1.165, 1.54) is 7.11 Å². The van der Waals surface area contributed by atoms with Crippen LogP contribution >= 0.6 is 0 Å². The fourth-order valence-electron chi connectivity index (χ4n) is 2.58. The first-order valence-electron chi connectivity index (χ1n) is 7.76. The summed E-state index contributed by atoms with van der Waals surface area (Å²) in [6.45, 7) is 4.48. The number of methoxy groups -OCH3 is 1. The molecule has 0 fully saturated rings. The highest BCUT2D eigenvalue weighted by Gasteiger charge is 2.21. The maximum atomic E-state index is 12.1. The van der Waals surface area contributed by atoms with Gasteiger partial charge in [-0.3, -0.25) is 14.3 Å². The van der Waals surface area contributed by atoms with Crippen molar-refractivity contribution in [2.24, 2.45) is 11.8 Å².